The molecule has 0 unspecified atom stereocenters. The lowest BCUT2D eigenvalue weighted by molar-refractivity contribution is 0.0800. The van der Waals surface area contributed by atoms with Gasteiger partial charge in [0, 0.05) is 47.0 Å². The summed E-state index contributed by atoms with van der Waals surface area (Å²) in [5.41, 5.74) is 5.21. The number of hydrogen-bond acceptors (Lipinski definition) is 3. The van der Waals surface area contributed by atoms with Crippen molar-refractivity contribution in [1.29, 1.82) is 0 Å². The Morgan fingerprint density at radius 2 is 1.96 bits per heavy atom. The molecule has 6 heteroatoms. The number of imidazole rings is 1. The summed E-state index contributed by atoms with van der Waals surface area (Å²) < 4.78 is 0. The zero-order chi connectivity index (χ0) is 17.7. The topological polar surface area (TPSA) is 77.7 Å². The number of amides is 1. The smallest absolute Gasteiger partial charge is 0.254 e. The molecule has 6 nitrogen and oxygen atoms in total. The number of aromatic amines is 2. The molecule has 2 N–H and O–H groups in total. The van der Waals surface area contributed by atoms with Crippen LogP contribution in [0.1, 0.15) is 16.2 Å². The molecule has 0 saturated carbocycles. The van der Waals surface area contributed by atoms with Gasteiger partial charge in [-0.25, -0.2) is 9.97 Å². The lowest BCUT2D eigenvalue weighted by Crippen LogP contribution is -2.28. The molecule has 4 heterocycles. The van der Waals surface area contributed by atoms with Crippen molar-refractivity contribution >= 4 is 28.0 Å². The van der Waals surface area contributed by atoms with E-state index in [0.29, 0.717) is 18.7 Å². The van der Waals surface area contributed by atoms with E-state index in [0.717, 1.165) is 39.1 Å². The number of carbonyl (C=O) groups is 1. The maximum atomic E-state index is 12.6. The van der Waals surface area contributed by atoms with Crippen molar-refractivity contribution in [2.24, 2.45) is 0 Å². The molecule has 0 spiro atoms. The van der Waals surface area contributed by atoms with Crippen LogP contribution in [-0.4, -0.2) is 43.8 Å². The quantitative estimate of drug-likeness (QED) is 0.547. The van der Waals surface area contributed by atoms with Crippen molar-refractivity contribution in [2.45, 2.75) is 6.92 Å². The molecule has 1 aliphatic heterocycles. The number of pyridine rings is 1. The minimum atomic E-state index is 0.0577. The van der Waals surface area contributed by atoms with Gasteiger partial charge in [-0.2, -0.15) is 0 Å². The van der Waals surface area contributed by atoms with Gasteiger partial charge in [-0.05, 0) is 31.2 Å². The molecule has 0 fully saturated rings. The van der Waals surface area contributed by atoms with E-state index >= 15 is 0 Å². The Hall–Kier alpha value is -3.41. The van der Waals surface area contributed by atoms with Crippen LogP contribution >= 0.6 is 0 Å². The first-order chi connectivity index (χ1) is 12.7. The van der Waals surface area contributed by atoms with Gasteiger partial charge < -0.3 is 14.9 Å². The number of aromatic nitrogens is 4. The van der Waals surface area contributed by atoms with Gasteiger partial charge in [0.2, 0.25) is 0 Å². The molecule has 0 aliphatic carbocycles. The van der Waals surface area contributed by atoms with Crippen molar-refractivity contribution in [3.05, 3.63) is 60.1 Å². The normalized spacial score (nSPS) is 14.0. The highest BCUT2D eigenvalue weighted by Gasteiger charge is 2.17. The third-order valence-electron chi connectivity index (χ3n) is 4.77. The first-order valence-electron chi connectivity index (χ1n) is 8.58. The fourth-order valence-corrected chi connectivity index (χ4v) is 3.47. The summed E-state index contributed by atoms with van der Waals surface area (Å²) in [6.45, 7) is 3.28. The number of carbonyl (C=O) groups excluding carboxylic acids is 1. The molecule has 0 bridgehead atoms. The maximum Gasteiger partial charge on any atom is 0.254 e. The van der Waals surface area contributed by atoms with Gasteiger partial charge in [-0.3, -0.25) is 4.79 Å². The molecule has 3 aromatic heterocycles. The van der Waals surface area contributed by atoms with E-state index in [-0.39, 0.29) is 5.91 Å². The fraction of sp³-hybridized carbons (Fsp3) is 0.150. The van der Waals surface area contributed by atoms with Crippen molar-refractivity contribution < 1.29 is 4.79 Å². The van der Waals surface area contributed by atoms with E-state index in [1.54, 1.807) is 6.20 Å². The number of hydrogen-bond donors (Lipinski definition) is 2. The molecule has 0 atom stereocenters. The molecular formula is C20H17N5O. The second-order valence-corrected chi connectivity index (χ2v) is 6.54. The predicted octanol–water partition coefficient (Wildman–Crippen LogP) is 3.43. The second-order valence-electron chi connectivity index (χ2n) is 6.54. The highest BCUT2D eigenvalue weighted by molar-refractivity contribution is 6.00. The minimum Gasteiger partial charge on any atom is -0.354 e. The molecule has 128 valence electrons. The molecule has 0 radical (unpaired) electrons. The summed E-state index contributed by atoms with van der Waals surface area (Å²) in [6, 6.07) is 9.84. The highest BCUT2D eigenvalue weighted by Crippen LogP contribution is 2.29. The number of aryl methyl sites for hydroxylation is 1. The third kappa shape index (κ3) is 2.30. The van der Waals surface area contributed by atoms with Crippen LogP contribution in [0.4, 0.5) is 0 Å². The first-order valence-corrected chi connectivity index (χ1v) is 8.58. The van der Waals surface area contributed by atoms with Crippen LogP contribution in [0.3, 0.4) is 0 Å². The van der Waals surface area contributed by atoms with Crippen LogP contribution in [0.5, 0.6) is 0 Å². The van der Waals surface area contributed by atoms with E-state index in [1.807, 2.05) is 48.2 Å². The van der Waals surface area contributed by atoms with Crippen LogP contribution in [0.25, 0.3) is 33.3 Å². The van der Waals surface area contributed by atoms with Crippen molar-refractivity contribution in [1.82, 2.24) is 24.8 Å². The third-order valence-corrected chi connectivity index (χ3v) is 4.77. The molecule has 26 heavy (non-hydrogen) atoms. The van der Waals surface area contributed by atoms with Crippen molar-refractivity contribution in [2.75, 3.05) is 13.1 Å². The Morgan fingerprint density at radius 3 is 2.81 bits per heavy atom. The van der Waals surface area contributed by atoms with Gasteiger partial charge in [0.15, 0.2) is 5.65 Å². The van der Waals surface area contributed by atoms with E-state index in [9.17, 15) is 4.79 Å². The van der Waals surface area contributed by atoms with E-state index < -0.39 is 0 Å². The van der Waals surface area contributed by atoms with E-state index in [2.05, 4.69) is 26.0 Å². The Balaban J connectivity index is 1.58. The Kier molecular flexibility index (Phi) is 3.18. The van der Waals surface area contributed by atoms with Crippen LogP contribution in [-0.2, 0) is 0 Å². The molecule has 1 aliphatic rings. The van der Waals surface area contributed by atoms with E-state index in [1.165, 1.54) is 0 Å². The molecule has 1 aromatic carbocycles. The molecule has 5 rings (SSSR count). The highest BCUT2D eigenvalue weighted by atomic mass is 16.2. The molecule has 4 aromatic rings. The summed E-state index contributed by atoms with van der Waals surface area (Å²) in [5.74, 6) is 0.894. The number of nitrogens with one attached hydrogen (secondary N) is 2. The number of H-pyrrole nitrogens is 2. The van der Waals surface area contributed by atoms with Crippen LogP contribution in [0, 0.1) is 6.92 Å². The van der Waals surface area contributed by atoms with Gasteiger partial charge in [0.05, 0.1) is 0 Å². The first kappa shape index (κ1) is 14.9. The van der Waals surface area contributed by atoms with E-state index in [4.69, 9.17) is 0 Å². The monoisotopic (exact) mass is 343 g/mol. The van der Waals surface area contributed by atoms with Gasteiger partial charge in [-0.1, -0.05) is 18.2 Å². The average molecular weight is 343 g/mol. The summed E-state index contributed by atoms with van der Waals surface area (Å²) in [6.07, 6.45) is 5.81. The molecule has 1 amide bonds. The van der Waals surface area contributed by atoms with Crippen LogP contribution < -0.4 is 0 Å². The Morgan fingerprint density at radius 1 is 1.12 bits per heavy atom. The summed E-state index contributed by atoms with van der Waals surface area (Å²) >= 11 is 0. The summed E-state index contributed by atoms with van der Waals surface area (Å²) in [7, 11) is 0. The van der Waals surface area contributed by atoms with Gasteiger partial charge in [0.25, 0.3) is 5.91 Å². The molecule has 0 saturated heterocycles. The lowest BCUT2D eigenvalue weighted by atomic mass is 10.1. The lowest BCUT2D eigenvalue weighted by Gasteiger charge is -2.15. The fourth-order valence-electron chi connectivity index (χ4n) is 3.47. The number of rotatable bonds is 2. The number of benzene rings is 1. The van der Waals surface area contributed by atoms with Crippen LogP contribution in [0.2, 0.25) is 0 Å². The standard InChI is InChI=1S/C20H17N5O/c1-12-22-18-15(6-7-21-19(18)23-12)17-10-13-4-5-14(11-16(13)24-17)20(26)25-8-2-3-9-25/h2-7,10-11,24H,8-9H2,1H3,(H,21,22,23). The summed E-state index contributed by atoms with van der Waals surface area (Å²) in [4.78, 5) is 29.9. The van der Waals surface area contributed by atoms with Crippen molar-refractivity contribution in [3.8, 4) is 11.3 Å². The minimum absolute atomic E-state index is 0.0577. The van der Waals surface area contributed by atoms with Gasteiger partial charge in [-0.15, -0.1) is 0 Å². The van der Waals surface area contributed by atoms with Crippen molar-refractivity contribution in [3.63, 3.8) is 0 Å². The van der Waals surface area contributed by atoms with Crippen LogP contribution in [0.15, 0.2) is 48.7 Å². The second kappa shape index (κ2) is 5.56. The van der Waals surface area contributed by atoms with Gasteiger partial charge >= 0.3 is 0 Å². The summed E-state index contributed by atoms with van der Waals surface area (Å²) in [5, 5.41) is 1.06. The molecular weight excluding hydrogens is 326 g/mol. The largest absolute Gasteiger partial charge is 0.354 e. The Labute approximate surface area is 149 Å². The Bertz CT molecular complexity index is 1180. The zero-order valence-corrected chi connectivity index (χ0v) is 14.3. The number of nitrogens with zero attached hydrogens (tertiary/aromatic N) is 3. The average Bonchev–Trinajstić information content (AvgIpc) is 3.37. The predicted molar refractivity (Wildman–Crippen MR) is 101 cm³/mol. The zero-order valence-electron chi connectivity index (χ0n) is 14.3. The van der Waals surface area contributed by atoms with Gasteiger partial charge in [0.1, 0.15) is 11.3 Å². The SMILES string of the molecule is Cc1nc2c(-c3cc4ccc(C(=O)N5CC=CC5)cc4[nH]3)ccnc2[nH]1. The number of fused-ring (bicyclic) bond motifs is 2. The maximum absolute atomic E-state index is 12.6.